The Morgan fingerprint density at radius 2 is 1.77 bits per heavy atom. The van der Waals surface area contributed by atoms with Gasteiger partial charge in [0.2, 0.25) is 0 Å². The summed E-state index contributed by atoms with van der Waals surface area (Å²) in [6.07, 6.45) is -4.30. The molecular formula is C8H16F3NO. The molecule has 0 heterocycles. The number of methoxy groups -OCH3 is 1. The van der Waals surface area contributed by atoms with Crippen molar-refractivity contribution < 1.29 is 17.9 Å². The van der Waals surface area contributed by atoms with Crippen molar-refractivity contribution >= 4 is 0 Å². The third-order valence-corrected chi connectivity index (χ3v) is 2.05. The van der Waals surface area contributed by atoms with Crippen LogP contribution in [0.5, 0.6) is 0 Å². The van der Waals surface area contributed by atoms with Crippen molar-refractivity contribution in [2.75, 3.05) is 20.3 Å². The molecule has 1 N–H and O–H groups in total. The first kappa shape index (κ1) is 12.7. The van der Waals surface area contributed by atoms with E-state index >= 15 is 0 Å². The Kier molecular flexibility index (Phi) is 4.70. The molecule has 0 aromatic heterocycles. The number of halogens is 3. The zero-order valence-corrected chi connectivity index (χ0v) is 8.16. The summed E-state index contributed by atoms with van der Waals surface area (Å²) in [4.78, 5) is 0. The van der Waals surface area contributed by atoms with Crippen LogP contribution in [-0.2, 0) is 4.74 Å². The number of alkyl halides is 3. The first-order chi connectivity index (χ1) is 5.93. The molecule has 0 fully saturated rings. The smallest absolute Gasteiger partial charge is 0.382 e. The van der Waals surface area contributed by atoms with Crippen molar-refractivity contribution in [3.63, 3.8) is 0 Å². The number of ether oxygens (including phenoxy) is 1. The molecule has 0 aromatic rings. The molecule has 0 radical (unpaired) electrons. The quantitative estimate of drug-likeness (QED) is 0.730. The molecular weight excluding hydrogens is 183 g/mol. The molecule has 2 nitrogen and oxygen atoms in total. The lowest BCUT2D eigenvalue weighted by Crippen LogP contribution is -2.59. The Hall–Kier alpha value is -0.290. The van der Waals surface area contributed by atoms with Gasteiger partial charge in [-0.1, -0.05) is 13.8 Å². The van der Waals surface area contributed by atoms with Crippen molar-refractivity contribution in [1.29, 1.82) is 0 Å². The van der Waals surface area contributed by atoms with Crippen molar-refractivity contribution in [2.45, 2.75) is 32.0 Å². The Morgan fingerprint density at radius 3 is 2.00 bits per heavy atom. The van der Waals surface area contributed by atoms with E-state index in [0.29, 0.717) is 0 Å². The molecule has 0 amide bonds. The lowest BCUT2D eigenvalue weighted by molar-refractivity contribution is -0.210. The predicted octanol–water partition coefficient (Wildman–Crippen LogP) is 1.95. The van der Waals surface area contributed by atoms with Gasteiger partial charge in [0.25, 0.3) is 0 Å². The monoisotopic (exact) mass is 199 g/mol. The van der Waals surface area contributed by atoms with Gasteiger partial charge in [-0.25, -0.2) is 0 Å². The van der Waals surface area contributed by atoms with Gasteiger partial charge in [-0.05, 0) is 13.0 Å². The van der Waals surface area contributed by atoms with Crippen molar-refractivity contribution in [1.82, 2.24) is 5.32 Å². The highest BCUT2D eigenvalue weighted by atomic mass is 19.4. The van der Waals surface area contributed by atoms with E-state index in [9.17, 15) is 13.2 Å². The highest BCUT2D eigenvalue weighted by Crippen LogP contribution is 2.33. The minimum Gasteiger partial charge on any atom is -0.382 e. The van der Waals surface area contributed by atoms with Crippen LogP contribution in [0.15, 0.2) is 0 Å². The molecule has 0 aliphatic heterocycles. The maximum atomic E-state index is 12.6. The molecule has 13 heavy (non-hydrogen) atoms. The standard InChI is InChI=1S/C8H16F3NO/c1-4-7(6-13-3,12-5-2)8(9,10)11/h12H,4-6H2,1-3H3. The van der Waals surface area contributed by atoms with Gasteiger partial charge in [0.15, 0.2) is 0 Å². The molecule has 5 heteroatoms. The van der Waals surface area contributed by atoms with Crippen LogP contribution in [-0.4, -0.2) is 32.0 Å². The van der Waals surface area contributed by atoms with E-state index in [2.05, 4.69) is 10.1 Å². The first-order valence-corrected chi connectivity index (χ1v) is 4.24. The molecule has 0 aromatic carbocycles. The van der Waals surface area contributed by atoms with Crippen molar-refractivity contribution in [2.24, 2.45) is 0 Å². The molecule has 0 rings (SSSR count). The number of nitrogens with one attached hydrogen (secondary N) is 1. The summed E-state index contributed by atoms with van der Waals surface area (Å²) in [6, 6.07) is 0. The van der Waals surface area contributed by atoms with Crippen molar-refractivity contribution in [3.8, 4) is 0 Å². The summed E-state index contributed by atoms with van der Waals surface area (Å²) in [6.45, 7) is 3.07. The summed E-state index contributed by atoms with van der Waals surface area (Å²) in [5, 5.41) is 2.44. The van der Waals surface area contributed by atoms with E-state index in [-0.39, 0.29) is 19.6 Å². The topological polar surface area (TPSA) is 21.3 Å². The van der Waals surface area contributed by atoms with Gasteiger partial charge in [-0.15, -0.1) is 0 Å². The van der Waals surface area contributed by atoms with E-state index in [4.69, 9.17) is 0 Å². The number of rotatable bonds is 5. The minimum atomic E-state index is -4.27. The Morgan fingerprint density at radius 1 is 1.23 bits per heavy atom. The number of likely N-dealkylation sites (N-methyl/N-ethyl adjacent to an activating group) is 1. The van der Waals surface area contributed by atoms with Crippen LogP contribution < -0.4 is 5.32 Å². The van der Waals surface area contributed by atoms with Crippen LogP contribution in [0.2, 0.25) is 0 Å². The average Bonchev–Trinajstić information content (AvgIpc) is 2.02. The Bertz CT molecular complexity index is 141. The second-order valence-electron chi connectivity index (χ2n) is 2.90. The van der Waals surface area contributed by atoms with E-state index in [1.54, 1.807) is 6.92 Å². The summed E-state index contributed by atoms with van der Waals surface area (Å²) in [5.41, 5.74) is -1.89. The third kappa shape index (κ3) is 2.84. The fourth-order valence-corrected chi connectivity index (χ4v) is 1.25. The molecule has 1 unspecified atom stereocenters. The maximum Gasteiger partial charge on any atom is 0.408 e. The highest BCUT2D eigenvalue weighted by molar-refractivity contribution is 4.93. The maximum absolute atomic E-state index is 12.6. The fraction of sp³-hybridized carbons (Fsp3) is 1.00. The molecule has 80 valence electrons. The van der Waals surface area contributed by atoms with Crippen LogP contribution in [0, 0.1) is 0 Å². The van der Waals surface area contributed by atoms with Gasteiger partial charge < -0.3 is 10.1 Å². The number of hydrogen-bond donors (Lipinski definition) is 1. The van der Waals surface area contributed by atoms with Gasteiger partial charge in [0, 0.05) is 7.11 Å². The zero-order valence-electron chi connectivity index (χ0n) is 8.16. The van der Waals surface area contributed by atoms with Crippen LogP contribution >= 0.6 is 0 Å². The van der Waals surface area contributed by atoms with Crippen molar-refractivity contribution in [3.05, 3.63) is 0 Å². The molecule has 0 aliphatic carbocycles. The summed E-state index contributed by atoms with van der Waals surface area (Å²) < 4.78 is 42.4. The molecule has 0 saturated carbocycles. The van der Waals surface area contributed by atoms with Gasteiger partial charge in [0.1, 0.15) is 5.54 Å². The summed E-state index contributed by atoms with van der Waals surface area (Å²) >= 11 is 0. The summed E-state index contributed by atoms with van der Waals surface area (Å²) in [7, 11) is 1.27. The predicted molar refractivity (Wildman–Crippen MR) is 44.6 cm³/mol. The largest absolute Gasteiger partial charge is 0.408 e. The molecule has 0 aliphatic rings. The highest BCUT2D eigenvalue weighted by Gasteiger charge is 2.52. The molecule has 1 atom stereocenters. The van der Waals surface area contributed by atoms with Crippen LogP contribution in [0.25, 0.3) is 0 Å². The Labute approximate surface area is 76.5 Å². The van der Waals surface area contributed by atoms with E-state index in [0.717, 1.165) is 0 Å². The van der Waals surface area contributed by atoms with E-state index < -0.39 is 11.7 Å². The first-order valence-electron chi connectivity index (χ1n) is 4.24. The van der Waals surface area contributed by atoms with Gasteiger partial charge >= 0.3 is 6.18 Å². The lowest BCUT2D eigenvalue weighted by Gasteiger charge is -2.34. The zero-order chi connectivity index (χ0) is 10.5. The summed E-state index contributed by atoms with van der Waals surface area (Å²) in [5.74, 6) is 0. The molecule has 0 saturated heterocycles. The van der Waals surface area contributed by atoms with E-state index in [1.165, 1.54) is 14.0 Å². The number of hydrogen-bond acceptors (Lipinski definition) is 2. The SMILES string of the molecule is CCNC(CC)(COC)C(F)(F)F. The van der Waals surface area contributed by atoms with Crippen LogP contribution in [0.4, 0.5) is 13.2 Å². The van der Waals surface area contributed by atoms with E-state index in [1.807, 2.05) is 0 Å². The van der Waals surface area contributed by atoms with Crippen LogP contribution in [0.3, 0.4) is 0 Å². The second kappa shape index (κ2) is 4.81. The Balaban J connectivity index is 4.64. The molecule has 0 spiro atoms. The average molecular weight is 199 g/mol. The van der Waals surface area contributed by atoms with Gasteiger partial charge in [-0.2, -0.15) is 13.2 Å². The fourth-order valence-electron chi connectivity index (χ4n) is 1.25. The minimum absolute atomic E-state index is 0.0296. The second-order valence-corrected chi connectivity index (χ2v) is 2.90. The van der Waals surface area contributed by atoms with Crippen LogP contribution in [0.1, 0.15) is 20.3 Å². The normalized spacial score (nSPS) is 17.1. The third-order valence-electron chi connectivity index (χ3n) is 2.05. The van der Waals surface area contributed by atoms with Gasteiger partial charge in [0.05, 0.1) is 6.61 Å². The lowest BCUT2D eigenvalue weighted by atomic mass is 9.96. The van der Waals surface area contributed by atoms with Gasteiger partial charge in [-0.3, -0.25) is 0 Å². The molecule has 0 bridgehead atoms.